The van der Waals surface area contributed by atoms with E-state index in [0.29, 0.717) is 10.0 Å². The summed E-state index contributed by atoms with van der Waals surface area (Å²) in [6.45, 7) is 8.01. The number of anilines is 1. The SMILES string of the molecule is CCc1nc(-c2cccc(Cl)c2Cl)c(C)nc1N1CCC(C)(N)CC1. The Balaban J connectivity index is 2.01. The average Bonchev–Trinajstić information content (AvgIpc) is 2.57. The Kier molecular flexibility index (Phi) is 5.24. The maximum Gasteiger partial charge on any atom is 0.150 e. The van der Waals surface area contributed by atoms with Crippen molar-refractivity contribution in [3.05, 3.63) is 39.6 Å². The van der Waals surface area contributed by atoms with Gasteiger partial charge in [0.15, 0.2) is 5.82 Å². The van der Waals surface area contributed by atoms with Crippen molar-refractivity contribution in [2.24, 2.45) is 5.73 Å². The molecule has 1 fully saturated rings. The second-order valence-corrected chi connectivity index (χ2v) is 7.81. The predicted molar refractivity (Wildman–Crippen MR) is 106 cm³/mol. The standard InChI is InChI=1S/C19H24Cl2N4/c1-4-15-18(25-10-8-19(3,22)9-11-25)23-12(2)17(24-15)13-6-5-7-14(20)16(13)21/h5-7H,4,8-11,22H2,1-3H3. The van der Waals surface area contributed by atoms with E-state index in [-0.39, 0.29) is 5.54 Å². The zero-order valence-corrected chi connectivity index (χ0v) is 16.5. The zero-order valence-electron chi connectivity index (χ0n) is 14.9. The molecule has 2 heterocycles. The summed E-state index contributed by atoms with van der Waals surface area (Å²) in [5.41, 5.74) is 9.65. The molecule has 0 radical (unpaired) electrons. The van der Waals surface area contributed by atoms with Gasteiger partial charge in [-0.05, 0) is 39.2 Å². The molecule has 3 rings (SSSR count). The van der Waals surface area contributed by atoms with Gasteiger partial charge in [-0.3, -0.25) is 0 Å². The second kappa shape index (κ2) is 7.10. The molecule has 0 spiro atoms. The van der Waals surface area contributed by atoms with Crippen LogP contribution in [0.2, 0.25) is 10.0 Å². The van der Waals surface area contributed by atoms with Gasteiger partial charge >= 0.3 is 0 Å². The number of aromatic nitrogens is 2. The molecule has 0 amide bonds. The molecule has 0 unspecified atom stereocenters. The van der Waals surface area contributed by atoms with Crippen molar-refractivity contribution in [1.29, 1.82) is 0 Å². The number of nitrogens with zero attached hydrogens (tertiary/aromatic N) is 3. The molecule has 2 aromatic rings. The molecule has 0 atom stereocenters. The van der Waals surface area contributed by atoms with Gasteiger partial charge in [0.1, 0.15) is 0 Å². The van der Waals surface area contributed by atoms with Crippen LogP contribution in [0.1, 0.15) is 38.1 Å². The first kappa shape index (κ1) is 18.4. The molecule has 6 heteroatoms. The summed E-state index contributed by atoms with van der Waals surface area (Å²) in [5, 5.41) is 1.05. The maximum absolute atomic E-state index is 6.39. The number of rotatable bonds is 3. The van der Waals surface area contributed by atoms with Gasteiger partial charge in [0.25, 0.3) is 0 Å². The van der Waals surface area contributed by atoms with Crippen LogP contribution >= 0.6 is 23.2 Å². The first-order chi connectivity index (χ1) is 11.8. The van der Waals surface area contributed by atoms with Crippen molar-refractivity contribution in [1.82, 2.24) is 9.97 Å². The van der Waals surface area contributed by atoms with Crippen molar-refractivity contribution in [2.75, 3.05) is 18.0 Å². The Hall–Kier alpha value is -1.36. The summed E-state index contributed by atoms with van der Waals surface area (Å²) in [6, 6.07) is 5.60. The summed E-state index contributed by atoms with van der Waals surface area (Å²) in [6.07, 6.45) is 2.72. The quantitative estimate of drug-likeness (QED) is 0.844. The smallest absolute Gasteiger partial charge is 0.150 e. The highest BCUT2D eigenvalue weighted by Gasteiger charge is 2.28. The number of benzene rings is 1. The minimum atomic E-state index is -0.0837. The fourth-order valence-corrected chi connectivity index (χ4v) is 3.59. The molecule has 1 aromatic carbocycles. The third-order valence-electron chi connectivity index (χ3n) is 4.87. The molecule has 134 valence electrons. The van der Waals surface area contributed by atoms with Crippen LogP contribution in [0.15, 0.2) is 18.2 Å². The van der Waals surface area contributed by atoms with Crippen LogP contribution in [0.5, 0.6) is 0 Å². The number of halogens is 2. The highest BCUT2D eigenvalue weighted by atomic mass is 35.5. The topological polar surface area (TPSA) is 55.0 Å². The largest absolute Gasteiger partial charge is 0.355 e. The molecule has 0 saturated carbocycles. The molecular formula is C19H24Cl2N4. The van der Waals surface area contributed by atoms with Crippen LogP contribution in [-0.2, 0) is 6.42 Å². The van der Waals surface area contributed by atoms with Crippen molar-refractivity contribution in [3.8, 4) is 11.3 Å². The van der Waals surface area contributed by atoms with Crippen LogP contribution in [0, 0.1) is 6.92 Å². The molecule has 0 bridgehead atoms. The summed E-state index contributed by atoms with van der Waals surface area (Å²) < 4.78 is 0. The number of hydrogen-bond donors (Lipinski definition) is 1. The first-order valence-corrected chi connectivity index (χ1v) is 9.43. The summed E-state index contributed by atoms with van der Waals surface area (Å²) in [5.74, 6) is 0.970. The van der Waals surface area contributed by atoms with Crippen LogP contribution in [-0.4, -0.2) is 28.6 Å². The molecule has 2 N–H and O–H groups in total. The number of piperidine rings is 1. The summed E-state index contributed by atoms with van der Waals surface area (Å²) in [7, 11) is 0. The van der Waals surface area contributed by atoms with E-state index in [4.69, 9.17) is 38.9 Å². The van der Waals surface area contributed by atoms with E-state index < -0.39 is 0 Å². The maximum atomic E-state index is 6.39. The fraction of sp³-hybridized carbons (Fsp3) is 0.474. The fourth-order valence-electron chi connectivity index (χ4n) is 3.20. The Bertz CT molecular complexity index is 779. The van der Waals surface area contributed by atoms with Gasteiger partial charge in [-0.1, -0.05) is 42.3 Å². The molecule has 1 aromatic heterocycles. The lowest BCUT2D eigenvalue weighted by Gasteiger charge is -2.38. The van der Waals surface area contributed by atoms with Gasteiger partial charge in [0.05, 0.1) is 27.1 Å². The molecular weight excluding hydrogens is 355 g/mol. The van der Waals surface area contributed by atoms with Crippen LogP contribution in [0.25, 0.3) is 11.3 Å². The lowest BCUT2D eigenvalue weighted by atomic mass is 9.91. The Morgan fingerprint density at radius 1 is 1.20 bits per heavy atom. The Morgan fingerprint density at radius 3 is 2.52 bits per heavy atom. The summed E-state index contributed by atoms with van der Waals surface area (Å²) >= 11 is 12.6. The first-order valence-electron chi connectivity index (χ1n) is 8.68. The number of aryl methyl sites for hydroxylation is 2. The predicted octanol–water partition coefficient (Wildman–Crippen LogP) is 4.64. The Labute approximate surface area is 159 Å². The minimum absolute atomic E-state index is 0.0837. The van der Waals surface area contributed by atoms with E-state index in [1.807, 2.05) is 19.1 Å². The highest BCUT2D eigenvalue weighted by Crippen LogP contribution is 2.35. The zero-order chi connectivity index (χ0) is 18.2. The normalized spacial score (nSPS) is 17.0. The van der Waals surface area contributed by atoms with Gasteiger partial charge in [-0.15, -0.1) is 0 Å². The second-order valence-electron chi connectivity index (χ2n) is 7.02. The van der Waals surface area contributed by atoms with Crippen molar-refractivity contribution in [3.63, 3.8) is 0 Å². The van der Waals surface area contributed by atoms with Gasteiger partial charge in [-0.2, -0.15) is 0 Å². The van der Waals surface area contributed by atoms with Gasteiger partial charge in [0, 0.05) is 24.2 Å². The average molecular weight is 379 g/mol. The van der Waals surface area contributed by atoms with Crippen LogP contribution < -0.4 is 10.6 Å². The monoisotopic (exact) mass is 378 g/mol. The van der Waals surface area contributed by atoms with E-state index in [1.54, 1.807) is 6.07 Å². The van der Waals surface area contributed by atoms with Crippen molar-refractivity contribution in [2.45, 2.75) is 45.6 Å². The van der Waals surface area contributed by atoms with E-state index >= 15 is 0 Å². The molecule has 1 aliphatic heterocycles. The van der Waals surface area contributed by atoms with E-state index in [1.165, 1.54) is 0 Å². The lowest BCUT2D eigenvalue weighted by molar-refractivity contribution is 0.362. The third kappa shape index (κ3) is 3.76. The van der Waals surface area contributed by atoms with E-state index in [2.05, 4.69) is 18.7 Å². The third-order valence-corrected chi connectivity index (χ3v) is 5.69. The summed E-state index contributed by atoms with van der Waals surface area (Å²) in [4.78, 5) is 12.1. The van der Waals surface area contributed by atoms with E-state index in [0.717, 1.165) is 60.8 Å². The van der Waals surface area contributed by atoms with Crippen molar-refractivity contribution < 1.29 is 0 Å². The molecule has 25 heavy (non-hydrogen) atoms. The highest BCUT2D eigenvalue weighted by molar-refractivity contribution is 6.43. The lowest BCUT2D eigenvalue weighted by Crippen LogP contribution is -2.48. The van der Waals surface area contributed by atoms with Gasteiger partial charge in [-0.25, -0.2) is 9.97 Å². The number of hydrogen-bond acceptors (Lipinski definition) is 4. The molecule has 1 saturated heterocycles. The van der Waals surface area contributed by atoms with Crippen molar-refractivity contribution >= 4 is 29.0 Å². The minimum Gasteiger partial charge on any atom is -0.355 e. The molecule has 0 aliphatic carbocycles. The van der Waals surface area contributed by atoms with Crippen LogP contribution in [0.3, 0.4) is 0 Å². The molecule has 1 aliphatic rings. The van der Waals surface area contributed by atoms with Gasteiger partial charge < -0.3 is 10.6 Å². The van der Waals surface area contributed by atoms with Crippen LogP contribution in [0.4, 0.5) is 5.82 Å². The van der Waals surface area contributed by atoms with E-state index in [9.17, 15) is 0 Å². The number of nitrogens with two attached hydrogens (primary N) is 1. The van der Waals surface area contributed by atoms with Gasteiger partial charge in [0.2, 0.25) is 0 Å². The Morgan fingerprint density at radius 2 is 1.88 bits per heavy atom. The molecule has 4 nitrogen and oxygen atoms in total.